The van der Waals surface area contributed by atoms with Crippen molar-refractivity contribution in [2.24, 2.45) is 0 Å². The van der Waals surface area contributed by atoms with E-state index in [0.29, 0.717) is 17.1 Å². The van der Waals surface area contributed by atoms with Crippen molar-refractivity contribution >= 4 is 16.7 Å². The molecule has 0 bridgehead atoms. The van der Waals surface area contributed by atoms with Crippen LogP contribution in [-0.2, 0) is 18.1 Å². The van der Waals surface area contributed by atoms with Gasteiger partial charge in [0.1, 0.15) is 18.1 Å². The number of rotatable bonds is 7. The Bertz CT molecular complexity index is 1150. The van der Waals surface area contributed by atoms with Crippen LogP contribution in [-0.4, -0.2) is 11.1 Å². The van der Waals surface area contributed by atoms with Gasteiger partial charge in [-0.05, 0) is 42.3 Å². The average Bonchev–Trinajstić information content (AvgIpc) is 3.09. The molecule has 1 heterocycles. The molecule has 3 aromatic carbocycles. The van der Waals surface area contributed by atoms with Crippen molar-refractivity contribution in [2.75, 3.05) is 0 Å². The first-order valence-corrected chi connectivity index (χ1v) is 9.65. The fraction of sp³-hybridized carbons (Fsp3) is 0.167. The molecule has 152 valence electrons. The highest BCUT2D eigenvalue weighted by atomic mass is 16.6. The van der Waals surface area contributed by atoms with E-state index in [1.165, 1.54) is 0 Å². The lowest BCUT2D eigenvalue weighted by Crippen LogP contribution is -2.24. The molecule has 0 fully saturated rings. The predicted molar refractivity (Wildman–Crippen MR) is 113 cm³/mol. The second kappa shape index (κ2) is 8.80. The number of fused-ring (bicyclic) bond motifs is 1. The van der Waals surface area contributed by atoms with Crippen molar-refractivity contribution in [1.82, 2.24) is 10.6 Å². The van der Waals surface area contributed by atoms with Gasteiger partial charge in [0.25, 0.3) is 5.91 Å². The van der Waals surface area contributed by atoms with Crippen molar-refractivity contribution in [3.8, 4) is 5.75 Å². The topological polar surface area (TPSA) is 73.6 Å². The molecule has 1 amide bonds. The molecule has 1 aromatic heterocycles. The molecule has 0 atom stereocenters. The third-order valence-corrected chi connectivity index (χ3v) is 4.89. The zero-order valence-electron chi connectivity index (χ0n) is 16.8. The highest BCUT2D eigenvalue weighted by molar-refractivity contribution is 6.01. The summed E-state index contributed by atoms with van der Waals surface area (Å²) in [7, 11) is 0. The van der Waals surface area contributed by atoms with Crippen molar-refractivity contribution in [2.45, 2.75) is 27.1 Å². The minimum Gasteiger partial charge on any atom is -0.488 e. The number of hydroxylamine groups is 1. The number of hydrogen-bond donors (Lipinski definition) is 1. The van der Waals surface area contributed by atoms with Gasteiger partial charge in [-0.15, -0.1) is 0 Å². The third kappa shape index (κ3) is 4.34. The first-order valence-electron chi connectivity index (χ1n) is 9.65. The number of nitrogens with zero attached hydrogens (tertiary/aromatic N) is 1. The highest BCUT2D eigenvalue weighted by Gasteiger charge is 2.17. The van der Waals surface area contributed by atoms with E-state index in [4.69, 9.17) is 14.1 Å². The molecule has 0 saturated carbocycles. The lowest BCUT2D eigenvalue weighted by atomic mass is 10.1. The van der Waals surface area contributed by atoms with E-state index in [2.05, 4.69) is 10.6 Å². The monoisotopic (exact) mass is 402 g/mol. The Morgan fingerprint density at radius 1 is 0.967 bits per heavy atom. The molecule has 0 aliphatic rings. The molecular weight excluding hydrogens is 380 g/mol. The summed E-state index contributed by atoms with van der Waals surface area (Å²) in [5.41, 5.74) is 5.52. The molecule has 1 N–H and O–H groups in total. The summed E-state index contributed by atoms with van der Waals surface area (Å²) in [5.74, 6) is 0.797. The molecule has 4 rings (SSSR count). The van der Waals surface area contributed by atoms with Crippen LogP contribution in [0.2, 0.25) is 0 Å². The van der Waals surface area contributed by atoms with Crippen LogP contribution in [0.25, 0.3) is 10.8 Å². The lowest BCUT2D eigenvalue weighted by Gasteiger charge is -2.13. The number of amides is 1. The number of benzene rings is 3. The van der Waals surface area contributed by atoms with Crippen LogP contribution < -0.4 is 10.2 Å². The van der Waals surface area contributed by atoms with Gasteiger partial charge >= 0.3 is 0 Å². The Morgan fingerprint density at radius 2 is 1.67 bits per heavy atom. The Labute approximate surface area is 174 Å². The van der Waals surface area contributed by atoms with E-state index >= 15 is 0 Å². The highest BCUT2D eigenvalue weighted by Crippen LogP contribution is 2.28. The first-order chi connectivity index (χ1) is 14.6. The summed E-state index contributed by atoms with van der Waals surface area (Å²) >= 11 is 0. The second-order valence-electron chi connectivity index (χ2n) is 6.99. The maximum Gasteiger partial charge on any atom is 0.278 e. The molecule has 0 unspecified atom stereocenters. The molecule has 6 nitrogen and oxygen atoms in total. The number of carbonyl (C=O) groups is 1. The maximum atomic E-state index is 12.8. The summed E-state index contributed by atoms with van der Waals surface area (Å²) in [6.45, 7) is 4.23. The van der Waals surface area contributed by atoms with Gasteiger partial charge in [-0.2, -0.15) is 0 Å². The summed E-state index contributed by atoms with van der Waals surface area (Å²) in [6, 6.07) is 21.1. The van der Waals surface area contributed by atoms with Gasteiger partial charge in [-0.3, -0.25) is 9.63 Å². The maximum absolute atomic E-state index is 12.8. The molecule has 0 radical (unpaired) electrons. The minimum atomic E-state index is -0.370. The zero-order valence-corrected chi connectivity index (χ0v) is 16.8. The number of nitrogens with one attached hydrogen (secondary N) is 1. The van der Waals surface area contributed by atoms with Gasteiger partial charge in [-0.1, -0.05) is 59.8 Å². The fourth-order valence-corrected chi connectivity index (χ4v) is 3.19. The van der Waals surface area contributed by atoms with Crippen LogP contribution >= 0.6 is 0 Å². The first kappa shape index (κ1) is 19.7. The standard InChI is InChI=1S/C24H22N2O4/c1-16-22(17(2)30-25-16)15-28-23-13-20-11-7-6-10-19(20)12-21(23)24(27)26-29-14-18-8-4-3-5-9-18/h3-13H,14-15H2,1-2H3,(H,26,27). The minimum absolute atomic E-state index is 0.255. The van der Waals surface area contributed by atoms with Crippen LogP contribution in [0.1, 0.15) is 32.9 Å². The van der Waals surface area contributed by atoms with Gasteiger partial charge < -0.3 is 9.26 Å². The number of aromatic nitrogens is 1. The number of aryl methyl sites for hydroxylation is 2. The van der Waals surface area contributed by atoms with E-state index in [1.807, 2.05) is 74.5 Å². The van der Waals surface area contributed by atoms with E-state index in [0.717, 1.165) is 27.6 Å². The average molecular weight is 402 g/mol. The van der Waals surface area contributed by atoms with Gasteiger partial charge in [0.05, 0.1) is 23.4 Å². The van der Waals surface area contributed by atoms with Crippen LogP contribution in [0.15, 0.2) is 71.3 Å². The summed E-state index contributed by atoms with van der Waals surface area (Å²) in [4.78, 5) is 18.3. The Hall–Kier alpha value is -3.64. The van der Waals surface area contributed by atoms with E-state index in [-0.39, 0.29) is 19.1 Å². The summed E-state index contributed by atoms with van der Waals surface area (Å²) < 4.78 is 11.2. The lowest BCUT2D eigenvalue weighted by molar-refractivity contribution is 0.0231. The quantitative estimate of drug-likeness (QED) is 0.446. The molecule has 0 aliphatic heterocycles. The summed E-state index contributed by atoms with van der Waals surface area (Å²) in [5, 5.41) is 5.87. The largest absolute Gasteiger partial charge is 0.488 e. The molecular formula is C24H22N2O4. The second-order valence-corrected chi connectivity index (χ2v) is 6.99. The molecule has 0 aliphatic carbocycles. The van der Waals surface area contributed by atoms with Crippen LogP contribution in [0.3, 0.4) is 0 Å². The third-order valence-electron chi connectivity index (χ3n) is 4.89. The number of hydrogen-bond acceptors (Lipinski definition) is 5. The van der Waals surface area contributed by atoms with Gasteiger partial charge in [0.2, 0.25) is 0 Å². The number of carbonyl (C=O) groups excluding carboxylic acids is 1. The van der Waals surface area contributed by atoms with E-state index in [9.17, 15) is 4.79 Å². The van der Waals surface area contributed by atoms with Crippen molar-refractivity contribution in [1.29, 1.82) is 0 Å². The Morgan fingerprint density at radius 3 is 2.37 bits per heavy atom. The molecule has 4 aromatic rings. The fourth-order valence-electron chi connectivity index (χ4n) is 3.19. The van der Waals surface area contributed by atoms with Gasteiger partial charge in [0.15, 0.2) is 0 Å². The van der Waals surface area contributed by atoms with E-state index < -0.39 is 0 Å². The van der Waals surface area contributed by atoms with Gasteiger partial charge in [0, 0.05) is 0 Å². The molecule has 0 spiro atoms. The molecule has 30 heavy (non-hydrogen) atoms. The smallest absolute Gasteiger partial charge is 0.278 e. The Balaban J connectivity index is 1.55. The number of ether oxygens (including phenoxy) is 1. The van der Waals surface area contributed by atoms with Crippen LogP contribution in [0.5, 0.6) is 5.75 Å². The molecule has 6 heteroatoms. The predicted octanol–water partition coefficient (Wildman–Crippen LogP) is 4.89. The van der Waals surface area contributed by atoms with Crippen LogP contribution in [0.4, 0.5) is 0 Å². The van der Waals surface area contributed by atoms with E-state index in [1.54, 1.807) is 6.07 Å². The van der Waals surface area contributed by atoms with Crippen LogP contribution in [0, 0.1) is 13.8 Å². The zero-order chi connectivity index (χ0) is 20.9. The molecule has 0 saturated heterocycles. The van der Waals surface area contributed by atoms with Gasteiger partial charge in [-0.25, -0.2) is 5.48 Å². The SMILES string of the molecule is Cc1noc(C)c1COc1cc2ccccc2cc1C(=O)NOCc1ccccc1. The normalized spacial score (nSPS) is 10.9. The summed E-state index contributed by atoms with van der Waals surface area (Å²) in [6.07, 6.45) is 0. The van der Waals surface area contributed by atoms with Crippen molar-refractivity contribution < 1.29 is 18.9 Å². The van der Waals surface area contributed by atoms with Crippen molar-refractivity contribution in [3.05, 3.63) is 94.9 Å². The van der Waals surface area contributed by atoms with Crippen molar-refractivity contribution in [3.63, 3.8) is 0 Å². The Kier molecular flexibility index (Phi) is 5.77.